The molecule has 0 saturated heterocycles. The molecular formula is C12H12O2. The van der Waals surface area contributed by atoms with Crippen LogP contribution in [-0.4, -0.2) is 11.1 Å². The Balaban J connectivity index is 2.94. The molecule has 0 unspecified atom stereocenters. The summed E-state index contributed by atoms with van der Waals surface area (Å²) in [7, 11) is 0. The van der Waals surface area contributed by atoms with Gasteiger partial charge in [-0.2, -0.15) is 0 Å². The van der Waals surface area contributed by atoms with Crippen molar-refractivity contribution in [1.29, 1.82) is 0 Å². The Kier molecular flexibility index (Phi) is 3.24. The predicted molar refractivity (Wildman–Crippen MR) is 57.8 cm³/mol. The summed E-state index contributed by atoms with van der Waals surface area (Å²) in [4.78, 5) is 10.3. The molecule has 0 aromatic heterocycles. The zero-order valence-electron chi connectivity index (χ0n) is 8.03. The van der Waals surface area contributed by atoms with Gasteiger partial charge >= 0.3 is 5.97 Å². The lowest BCUT2D eigenvalue weighted by Crippen LogP contribution is -1.86. The van der Waals surface area contributed by atoms with Gasteiger partial charge in [0.1, 0.15) is 0 Å². The monoisotopic (exact) mass is 188 g/mol. The second-order valence-corrected chi connectivity index (χ2v) is 3.08. The van der Waals surface area contributed by atoms with E-state index in [0.717, 1.165) is 22.8 Å². The molecule has 1 aromatic rings. The van der Waals surface area contributed by atoms with Crippen molar-refractivity contribution >= 4 is 17.6 Å². The topological polar surface area (TPSA) is 37.3 Å². The van der Waals surface area contributed by atoms with Crippen LogP contribution in [0.3, 0.4) is 0 Å². The Morgan fingerprint density at radius 2 is 2.21 bits per heavy atom. The van der Waals surface area contributed by atoms with E-state index < -0.39 is 5.97 Å². The summed E-state index contributed by atoms with van der Waals surface area (Å²) < 4.78 is 0. The molecule has 0 aliphatic carbocycles. The van der Waals surface area contributed by atoms with Crippen molar-refractivity contribution in [1.82, 2.24) is 0 Å². The maximum atomic E-state index is 10.3. The average molecular weight is 188 g/mol. The summed E-state index contributed by atoms with van der Waals surface area (Å²) in [6, 6.07) is 7.58. The molecule has 2 heteroatoms. The van der Waals surface area contributed by atoms with Crippen molar-refractivity contribution in [2.24, 2.45) is 0 Å². The highest BCUT2D eigenvalue weighted by Gasteiger charge is 1.94. The number of carboxylic acid groups (broad SMARTS) is 1. The number of carboxylic acids is 1. The first kappa shape index (κ1) is 10.3. The van der Waals surface area contributed by atoms with Gasteiger partial charge in [0.2, 0.25) is 0 Å². The van der Waals surface area contributed by atoms with E-state index in [-0.39, 0.29) is 0 Å². The van der Waals surface area contributed by atoms with Crippen molar-refractivity contribution in [3.05, 3.63) is 48.0 Å². The summed E-state index contributed by atoms with van der Waals surface area (Å²) in [6.07, 6.45) is 2.69. The van der Waals surface area contributed by atoms with E-state index in [9.17, 15) is 4.79 Å². The Labute approximate surface area is 83.2 Å². The van der Waals surface area contributed by atoms with Gasteiger partial charge in [-0.1, -0.05) is 30.4 Å². The third kappa shape index (κ3) is 2.90. The minimum absolute atomic E-state index is 0.868. The molecule has 0 heterocycles. The summed E-state index contributed by atoms with van der Waals surface area (Å²) in [5.74, 6) is -0.939. The number of rotatable bonds is 3. The number of carbonyl (C=O) groups is 1. The fraction of sp³-hybridized carbons (Fsp3) is 0.0833. The van der Waals surface area contributed by atoms with E-state index in [1.165, 1.54) is 0 Å². The molecule has 0 aliphatic rings. The Bertz CT molecular complexity index is 389. The molecule has 1 rings (SSSR count). The van der Waals surface area contributed by atoms with Crippen LogP contribution in [-0.2, 0) is 4.79 Å². The number of allylic oxidation sites excluding steroid dienone is 1. The van der Waals surface area contributed by atoms with Gasteiger partial charge in [-0.05, 0) is 30.2 Å². The molecule has 0 aliphatic heterocycles. The van der Waals surface area contributed by atoms with E-state index >= 15 is 0 Å². The minimum Gasteiger partial charge on any atom is -0.478 e. The smallest absolute Gasteiger partial charge is 0.328 e. The van der Waals surface area contributed by atoms with Crippen LogP contribution in [0.15, 0.2) is 36.9 Å². The van der Waals surface area contributed by atoms with Gasteiger partial charge in [0, 0.05) is 6.08 Å². The minimum atomic E-state index is -0.939. The summed E-state index contributed by atoms with van der Waals surface area (Å²) >= 11 is 0. The number of aliphatic carboxylic acids is 1. The first-order chi connectivity index (χ1) is 6.59. The lowest BCUT2D eigenvalue weighted by Gasteiger charge is -2.00. The Morgan fingerprint density at radius 3 is 2.79 bits per heavy atom. The van der Waals surface area contributed by atoms with E-state index in [1.54, 1.807) is 6.08 Å². The largest absolute Gasteiger partial charge is 0.478 e. The van der Waals surface area contributed by atoms with Crippen LogP contribution in [0, 0.1) is 0 Å². The number of benzene rings is 1. The first-order valence-electron chi connectivity index (χ1n) is 4.26. The molecule has 0 amide bonds. The average Bonchev–Trinajstić information content (AvgIpc) is 2.15. The molecule has 0 fully saturated rings. The SMILES string of the molecule is C=C(C)c1cccc(C=CC(=O)O)c1. The third-order valence-electron chi connectivity index (χ3n) is 1.80. The molecule has 2 nitrogen and oxygen atoms in total. The molecule has 0 atom stereocenters. The third-order valence-corrected chi connectivity index (χ3v) is 1.80. The van der Waals surface area contributed by atoms with Crippen LogP contribution in [0.1, 0.15) is 18.1 Å². The van der Waals surface area contributed by atoms with Crippen LogP contribution in [0.4, 0.5) is 0 Å². The first-order valence-corrected chi connectivity index (χ1v) is 4.26. The summed E-state index contributed by atoms with van der Waals surface area (Å²) in [6.45, 7) is 5.74. The van der Waals surface area contributed by atoms with Gasteiger partial charge in [-0.3, -0.25) is 0 Å². The van der Waals surface area contributed by atoms with E-state index in [1.807, 2.05) is 31.2 Å². The Morgan fingerprint density at radius 1 is 1.50 bits per heavy atom. The van der Waals surface area contributed by atoms with Crippen LogP contribution < -0.4 is 0 Å². The standard InChI is InChI=1S/C12H12O2/c1-9(2)11-5-3-4-10(8-11)6-7-12(13)14/h3-8H,1H2,2H3,(H,13,14). The molecule has 1 aromatic carbocycles. The van der Waals surface area contributed by atoms with Crippen molar-refractivity contribution in [2.45, 2.75) is 6.92 Å². The molecule has 0 spiro atoms. The predicted octanol–water partition coefficient (Wildman–Crippen LogP) is 2.82. The van der Waals surface area contributed by atoms with Crippen LogP contribution in [0.2, 0.25) is 0 Å². The zero-order chi connectivity index (χ0) is 10.6. The van der Waals surface area contributed by atoms with Gasteiger partial charge in [0.25, 0.3) is 0 Å². The highest BCUT2D eigenvalue weighted by molar-refractivity contribution is 5.85. The summed E-state index contributed by atoms with van der Waals surface area (Å²) in [5, 5.41) is 8.45. The summed E-state index contributed by atoms with van der Waals surface area (Å²) in [5.41, 5.74) is 2.86. The highest BCUT2D eigenvalue weighted by atomic mass is 16.4. The van der Waals surface area contributed by atoms with Gasteiger partial charge in [0.05, 0.1) is 0 Å². The van der Waals surface area contributed by atoms with Gasteiger partial charge in [-0.25, -0.2) is 4.79 Å². The van der Waals surface area contributed by atoms with E-state index in [2.05, 4.69) is 6.58 Å². The lowest BCUT2D eigenvalue weighted by atomic mass is 10.1. The molecule has 72 valence electrons. The quantitative estimate of drug-likeness (QED) is 0.740. The number of hydrogen-bond donors (Lipinski definition) is 1. The maximum absolute atomic E-state index is 10.3. The van der Waals surface area contributed by atoms with Crippen LogP contribution in [0.25, 0.3) is 11.6 Å². The highest BCUT2D eigenvalue weighted by Crippen LogP contribution is 2.14. The van der Waals surface area contributed by atoms with Crippen molar-refractivity contribution in [3.63, 3.8) is 0 Å². The van der Waals surface area contributed by atoms with Gasteiger partial charge in [0.15, 0.2) is 0 Å². The second kappa shape index (κ2) is 4.42. The fourth-order valence-corrected chi connectivity index (χ4v) is 1.08. The van der Waals surface area contributed by atoms with Gasteiger partial charge < -0.3 is 5.11 Å². The molecule has 0 bridgehead atoms. The van der Waals surface area contributed by atoms with Gasteiger partial charge in [-0.15, -0.1) is 0 Å². The van der Waals surface area contributed by atoms with E-state index in [0.29, 0.717) is 0 Å². The Hall–Kier alpha value is -1.83. The molecule has 0 saturated carbocycles. The fourth-order valence-electron chi connectivity index (χ4n) is 1.08. The van der Waals surface area contributed by atoms with Crippen molar-refractivity contribution in [2.75, 3.05) is 0 Å². The number of hydrogen-bond acceptors (Lipinski definition) is 1. The maximum Gasteiger partial charge on any atom is 0.328 e. The molecule has 14 heavy (non-hydrogen) atoms. The normalized spacial score (nSPS) is 10.4. The zero-order valence-corrected chi connectivity index (χ0v) is 8.03. The van der Waals surface area contributed by atoms with Crippen molar-refractivity contribution < 1.29 is 9.90 Å². The molecule has 1 N–H and O–H groups in total. The molecular weight excluding hydrogens is 176 g/mol. The molecule has 0 radical (unpaired) electrons. The lowest BCUT2D eigenvalue weighted by molar-refractivity contribution is -0.131. The van der Waals surface area contributed by atoms with Crippen LogP contribution >= 0.6 is 0 Å². The van der Waals surface area contributed by atoms with Crippen molar-refractivity contribution in [3.8, 4) is 0 Å². The van der Waals surface area contributed by atoms with Crippen LogP contribution in [0.5, 0.6) is 0 Å². The second-order valence-electron chi connectivity index (χ2n) is 3.08. The van der Waals surface area contributed by atoms with E-state index in [4.69, 9.17) is 5.11 Å².